The van der Waals surface area contributed by atoms with Gasteiger partial charge in [0.25, 0.3) is 0 Å². The van der Waals surface area contributed by atoms with E-state index in [2.05, 4.69) is 5.10 Å². The van der Waals surface area contributed by atoms with Crippen LogP contribution in [0.15, 0.2) is 36.4 Å². The van der Waals surface area contributed by atoms with Crippen LogP contribution in [0.3, 0.4) is 0 Å². The maximum atomic E-state index is 11.2. The van der Waals surface area contributed by atoms with E-state index in [4.69, 9.17) is 0 Å². The Bertz CT molecular complexity index is 585. The van der Waals surface area contributed by atoms with Crippen LogP contribution in [-0.2, 0) is 13.0 Å². The van der Waals surface area contributed by atoms with Crippen molar-refractivity contribution in [1.82, 2.24) is 9.78 Å². The van der Waals surface area contributed by atoms with Gasteiger partial charge in [0, 0.05) is 12.5 Å². The molecule has 1 aromatic heterocycles. The van der Waals surface area contributed by atoms with Crippen molar-refractivity contribution >= 4 is 5.97 Å². The van der Waals surface area contributed by atoms with E-state index in [1.54, 1.807) is 10.7 Å². The first-order valence-electron chi connectivity index (χ1n) is 6.59. The number of rotatable bonds is 5. The van der Waals surface area contributed by atoms with Crippen molar-refractivity contribution in [2.24, 2.45) is 0 Å². The molecule has 0 bridgehead atoms. The molecular formula is C15H16N2O2. The van der Waals surface area contributed by atoms with Gasteiger partial charge in [-0.3, -0.25) is 4.68 Å². The summed E-state index contributed by atoms with van der Waals surface area (Å²) < 4.78 is 1.63. The van der Waals surface area contributed by atoms with Crippen molar-refractivity contribution in [3.63, 3.8) is 0 Å². The highest BCUT2D eigenvalue weighted by atomic mass is 16.4. The predicted octanol–water partition coefficient (Wildman–Crippen LogP) is 2.70. The lowest BCUT2D eigenvalue weighted by molar-refractivity contribution is 0.0683. The van der Waals surface area contributed by atoms with Crippen LogP contribution in [0, 0.1) is 0 Å². The summed E-state index contributed by atoms with van der Waals surface area (Å²) in [6.45, 7) is 0.609. The van der Waals surface area contributed by atoms with E-state index in [0.29, 0.717) is 18.2 Å². The SMILES string of the molecule is O=C(O)c1cc(C2CC2)nn1CCc1ccccc1. The third-order valence-electron chi connectivity index (χ3n) is 3.47. The number of carbonyl (C=O) groups is 1. The minimum Gasteiger partial charge on any atom is -0.477 e. The Morgan fingerprint density at radius 3 is 2.68 bits per heavy atom. The third kappa shape index (κ3) is 2.67. The van der Waals surface area contributed by atoms with E-state index in [1.807, 2.05) is 30.3 Å². The maximum absolute atomic E-state index is 11.2. The van der Waals surface area contributed by atoms with Gasteiger partial charge >= 0.3 is 5.97 Å². The fraction of sp³-hybridized carbons (Fsp3) is 0.333. The van der Waals surface area contributed by atoms with Crippen LogP contribution in [-0.4, -0.2) is 20.9 Å². The van der Waals surface area contributed by atoms with E-state index in [1.165, 1.54) is 5.56 Å². The second kappa shape index (κ2) is 4.88. The van der Waals surface area contributed by atoms with Crippen LogP contribution >= 0.6 is 0 Å². The van der Waals surface area contributed by atoms with Crippen molar-refractivity contribution in [2.75, 3.05) is 0 Å². The molecule has 1 fully saturated rings. The van der Waals surface area contributed by atoms with Gasteiger partial charge in [-0.1, -0.05) is 30.3 Å². The number of nitrogens with zero attached hydrogens (tertiary/aromatic N) is 2. The molecule has 0 aliphatic heterocycles. The molecule has 0 spiro atoms. The second-order valence-corrected chi connectivity index (χ2v) is 4.99. The van der Waals surface area contributed by atoms with Crippen LogP contribution in [0.25, 0.3) is 0 Å². The summed E-state index contributed by atoms with van der Waals surface area (Å²) in [7, 11) is 0. The molecule has 4 nitrogen and oxygen atoms in total. The normalized spacial score (nSPS) is 14.5. The Morgan fingerprint density at radius 1 is 1.32 bits per heavy atom. The maximum Gasteiger partial charge on any atom is 0.354 e. The van der Waals surface area contributed by atoms with Gasteiger partial charge in [0.15, 0.2) is 0 Å². The Labute approximate surface area is 111 Å². The van der Waals surface area contributed by atoms with Gasteiger partial charge in [-0.25, -0.2) is 4.79 Å². The number of carboxylic acids is 1. The largest absolute Gasteiger partial charge is 0.477 e. The van der Waals surface area contributed by atoms with Crippen LogP contribution in [0.2, 0.25) is 0 Å². The van der Waals surface area contributed by atoms with Crippen molar-refractivity contribution in [2.45, 2.75) is 31.7 Å². The lowest BCUT2D eigenvalue weighted by atomic mass is 10.1. The van der Waals surface area contributed by atoms with E-state index >= 15 is 0 Å². The van der Waals surface area contributed by atoms with Gasteiger partial charge in [-0.2, -0.15) is 5.10 Å². The molecular weight excluding hydrogens is 240 g/mol. The number of hydrogen-bond acceptors (Lipinski definition) is 2. The Balaban J connectivity index is 1.77. The number of aromatic carboxylic acids is 1. The monoisotopic (exact) mass is 256 g/mol. The van der Waals surface area contributed by atoms with Gasteiger partial charge in [-0.05, 0) is 30.9 Å². The van der Waals surface area contributed by atoms with Gasteiger partial charge < -0.3 is 5.11 Å². The third-order valence-corrected chi connectivity index (χ3v) is 3.47. The molecule has 1 aromatic carbocycles. The molecule has 3 rings (SSSR count). The smallest absolute Gasteiger partial charge is 0.354 e. The highest BCUT2D eigenvalue weighted by Gasteiger charge is 2.28. The zero-order chi connectivity index (χ0) is 13.2. The average molecular weight is 256 g/mol. The topological polar surface area (TPSA) is 55.1 Å². The molecule has 1 N–H and O–H groups in total. The van der Waals surface area contributed by atoms with E-state index < -0.39 is 5.97 Å². The molecule has 0 amide bonds. The molecule has 0 unspecified atom stereocenters. The summed E-state index contributed by atoms with van der Waals surface area (Å²) in [5.74, 6) is -0.413. The Hall–Kier alpha value is -2.10. The van der Waals surface area contributed by atoms with Crippen LogP contribution < -0.4 is 0 Å². The number of benzene rings is 1. The van der Waals surface area contributed by atoms with Crippen molar-refractivity contribution < 1.29 is 9.90 Å². The molecule has 0 saturated heterocycles. The fourth-order valence-electron chi connectivity index (χ4n) is 2.24. The van der Waals surface area contributed by atoms with Crippen LogP contribution in [0.1, 0.15) is 40.5 Å². The van der Waals surface area contributed by atoms with Gasteiger partial charge in [-0.15, -0.1) is 0 Å². The van der Waals surface area contributed by atoms with E-state index in [9.17, 15) is 9.90 Å². The summed E-state index contributed by atoms with van der Waals surface area (Å²) in [4.78, 5) is 11.2. The summed E-state index contributed by atoms with van der Waals surface area (Å²) >= 11 is 0. The van der Waals surface area contributed by atoms with Crippen molar-refractivity contribution in [3.8, 4) is 0 Å². The predicted molar refractivity (Wildman–Crippen MR) is 71.3 cm³/mol. The summed E-state index contributed by atoms with van der Waals surface area (Å²) in [6.07, 6.45) is 3.07. The number of hydrogen-bond donors (Lipinski definition) is 1. The fourth-order valence-corrected chi connectivity index (χ4v) is 2.24. The van der Waals surface area contributed by atoms with Crippen molar-refractivity contribution in [3.05, 3.63) is 53.3 Å². The summed E-state index contributed by atoms with van der Waals surface area (Å²) in [5, 5.41) is 13.7. The Morgan fingerprint density at radius 2 is 2.05 bits per heavy atom. The molecule has 4 heteroatoms. The molecule has 1 aliphatic carbocycles. The van der Waals surface area contributed by atoms with Gasteiger partial charge in [0.05, 0.1) is 5.69 Å². The minimum atomic E-state index is -0.896. The molecule has 1 heterocycles. The first-order chi connectivity index (χ1) is 9.24. The molecule has 2 aromatic rings. The van der Waals surface area contributed by atoms with Gasteiger partial charge in [0.2, 0.25) is 0 Å². The van der Waals surface area contributed by atoms with E-state index in [-0.39, 0.29) is 0 Å². The zero-order valence-electron chi connectivity index (χ0n) is 10.6. The molecule has 1 aliphatic rings. The molecule has 1 saturated carbocycles. The first-order valence-corrected chi connectivity index (χ1v) is 6.59. The highest BCUT2D eigenvalue weighted by Crippen LogP contribution is 2.39. The highest BCUT2D eigenvalue weighted by molar-refractivity contribution is 5.85. The Kier molecular flexibility index (Phi) is 3.07. The first kappa shape index (κ1) is 12.0. The number of aryl methyl sites for hydroxylation is 2. The van der Waals surface area contributed by atoms with Crippen LogP contribution in [0.5, 0.6) is 0 Å². The minimum absolute atomic E-state index is 0.304. The average Bonchev–Trinajstić information content (AvgIpc) is 3.17. The summed E-state index contributed by atoms with van der Waals surface area (Å²) in [6, 6.07) is 11.8. The summed E-state index contributed by atoms with van der Waals surface area (Å²) in [5.41, 5.74) is 2.44. The number of carboxylic acid groups (broad SMARTS) is 1. The van der Waals surface area contributed by atoms with Gasteiger partial charge in [0.1, 0.15) is 5.69 Å². The molecule has 0 atom stereocenters. The standard InChI is InChI=1S/C15H16N2O2/c18-15(19)14-10-13(12-6-7-12)16-17(14)9-8-11-4-2-1-3-5-11/h1-5,10,12H,6-9H2,(H,18,19). The quantitative estimate of drug-likeness (QED) is 0.894. The number of aromatic nitrogens is 2. The molecule has 98 valence electrons. The van der Waals surface area contributed by atoms with Crippen molar-refractivity contribution in [1.29, 1.82) is 0 Å². The molecule has 19 heavy (non-hydrogen) atoms. The lowest BCUT2D eigenvalue weighted by Gasteiger charge is -2.04. The lowest BCUT2D eigenvalue weighted by Crippen LogP contribution is -2.11. The molecule has 0 radical (unpaired) electrons. The van der Waals surface area contributed by atoms with E-state index in [0.717, 1.165) is 25.0 Å². The zero-order valence-corrected chi connectivity index (χ0v) is 10.6. The second-order valence-electron chi connectivity index (χ2n) is 4.99. The van der Waals surface area contributed by atoms with Crippen LogP contribution in [0.4, 0.5) is 0 Å².